The van der Waals surface area contributed by atoms with Crippen molar-refractivity contribution in [2.75, 3.05) is 66.1 Å². The lowest BCUT2D eigenvalue weighted by Gasteiger charge is -2.07. The second-order valence-corrected chi connectivity index (χ2v) is 4.96. The first-order chi connectivity index (χ1) is 10.1. The third kappa shape index (κ3) is 15.9. The average Bonchev–Trinajstić information content (AvgIpc) is 2.45. The van der Waals surface area contributed by atoms with Crippen molar-refractivity contribution in [3.8, 4) is 0 Å². The molecule has 0 amide bonds. The quantitative estimate of drug-likeness (QED) is 0.375. The fourth-order valence-corrected chi connectivity index (χ4v) is 1.76. The summed E-state index contributed by atoms with van der Waals surface area (Å²) < 4.78 is 52.1. The molecule has 9 heteroatoms. The third-order valence-corrected chi connectivity index (χ3v) is 2.97. The van der Waals surface area contributed by atoms with E-state index in [1.54, 1.807) is 0 Å². The zero-order valence-corrected chi connectivity index (χ0v) is 13.6. The van der Waals surface area contributed by atoms with E-state index in [0.717, 1.165) is 0 Å². The highest BCUT2D eigenvalue weighted by atomic mass is 32.3. The fourth-order valence-electron chi connectivity index (χ4n) is 1.15. The maximum atomic E-state index is 11.3. The van der Waals surface area contributed by atoms with Crippen LogP contribution in [0.25, 0.3) is 0 Å². The van der Waals surface area contributed by atoms with Gasteiger partial charge in [0, 0.05) is 13.2 Å². The van der Waals surface area contributed by atoms with Crippen LogP contribution in [0.4, 0.5) is 0 Å². The first kappa shape index (κ1) is 20.7. The Morgan fingerprint density at radius 3 is 1.29 bits per heavy atom. The summed E-state index contributed by atoms with van der Waals surface area (Å²) in [6.45, 7) is 6.85. The molecule has 128 valence electrons. The molecule has 0 heterocycles. The van der Waals surface area contributed by atoms with E-state index in [0.29, 0.717) is 39.6 Å². The Bertz CT molecular complexity index is 282. The van der Waals surface area contributed by atoms with Crippen molar-refractivity contribution in [2.45, 2.75) is 13.8 Å². The number of hydrogen-bond acceptors (Lipinski definition) is 8. The lowest BCUT2D eigenvalue weighted by atomic mass is 10.7. The van der Waals surface area contributed by atoms with Crippen LogP contribution < -0.4 is 0 Å². The number of rotatable bonds is 16. The van der Waals surface area contributed by atoms with Crippen LogP contribution in [-0.2, 0) is 37.7 Å². The second kappa shape index (κ2) is 14.6. The molecule has 0 aromatic heterocycles. The highest BCUT2D eigenvalue weighted by Crippen LogP contribution is 1.96. The molecule has 0 rings (SSSR count). The van der Waals surface area contributed by atoms with Crippen LogP contribution in [0.2, 0.25) is 0 Å². The second-order valence-electron chi connectivity index (χ2n) is 3.67. The van der Waals surface area contributed by atoms with Gasteiger partial charge in [0.15, 0.2) is 0 Å². The molecule has 0 radical (unpaired) electrons. The van der Waals surface area contributed by atoms with Crippen molar-refractivity contribution >= 4 is 10.4 Å². The molecule has 0 unspecified atom stereocenters. The molecule has 0 bridgehead atoms. The molecule has 0 atom stereocenters. The summed E-state index contributed by atoms with van der Waals surface area (Å²) in [6.07, 6.45) is 0. The Balaban J connectivity index is 3.39. The Labute approximate surface area is 126 Å². The molecule has 0 fully saturated rings. The van der Waals surface area contributed by atoms with Crippen LogP contribution in [0.5, 0.6) is 0 Å². The van der Waals surface area contributed by atoms with E-state index < -0.39 is 10.4 Å². The van der Waals surface area contributed by atoms with Gasteiger partial charge in [-0.3, -0.25) is 0 Å². The van der Waals surface area contributed by atoms with Crippen molar-refractivity contribution in [1.82, 2.24) is 0 Å². The SMILES string of the molecule is CCOCCOCCOS(=O)(=O)OCCOCCOCC. The zero-order valence-electron chi connectivity index (χ0n) is 12.7. The molecule has 0 aliphatic rings. The first-order valence-corrected chi connectivity index (χ1v) is 8.30. The van der Waals surface area contributed by atoms with Gasteiger partial charge in [-0.25, -0.2) is 8.37 Å². The minimum atomic E-state index is -4.00. The van der Waals surface area contributed by atoms with Crippen LogP contribution in [0.3, 0.4) is 0 Å². The maximum Gasteiger partial charge on any atom is 0.400 e. The standard InChI is InChI=1S/C12H26O8S/c1-3-15-5-7-17-9-11-19-21(13,14)20-12-10-18-8-6-16-4-2/h3-12H2,1-2H3. The van der Waals surface area contributed by atoms with Gasteiger partial charge in [-0.2, -0.15) is 8.42 Å². The summed E-state index contributed by atoms with van der Waals surface area (Å²) in [5, 5.41) is 0. The van der Waals surface area contributed by atoms with Gasteiger partial charge in [0.05, 0.1) is 52.9 Å². The Morgan fingerprint density at radius 1 is 0.571 bits per heavy atom. The van der Waals surface area contributed by atoms with Gasteiger partial charge in [0.25, 0.3) is 0 Å². The summed E-state index contributed by atoms with van der Waals surface area (Å²) in [5.41, 5.74) is 0. The largest absolute Gasteiger partial charge is 0.400 e. The number of ether oxygens (including phenoxy) is 4. The van der Waals surface area contributed by atoms with E-state index >= 15 is 0 Å². The molecular weight excluding hydrogens is 304 g/mol. The van der Waals surface area contributed by atoms with E-state index in [1.807, 2.05) is 13.8 Å². The lowest BCUT2D eigenvalue weighted by Crippen LogP contribution is -2.18. The third-order valence-electron chi connectivity index (χ3n) is 2.06. The van der Waals surface area contributed by atoms with E-state index in [9.17, 15) is 8.42 Å². The van der Waals surface area contributed by atoms with Crippen molar-refractivity contribution in [3.05, 3.63) is 0 Å². The Kier molecular flexibility index (Phi) is 14.4. The molecule has 0 aliphatic heterocycles. The minimum Gasteiger partial charge on any atom is -0.379 e. The molecule has 8 nitrogen and oxygen atoms in total. The molecule has 0 aromatic carbocycles. The van der Waals surface area contributed by atoms with Crippen molar-refractivity contribution in [3.63, 3.8) is 0 Å². The van der Waals surface area contributed by atoms with Crippen molar-refractivity contribution < 1.29 is 35.7 Å². The van der Waals surface area contributed by atoms with Gasteiger partial charge in [-0.15, -0.1) is 0 Å². The smallest absolute Gasteiger partial charge is 0.379 e. The summed E-state index contributed by atoms with van der Waals surface area (Å²) in [7, 11) is -4.00. The lowest BCUT2D eigenvalue weighted by molar-refractivity contribution is 0.0315. The average molecular weight is 330 g/mol. The van der Waals surface area contributed by atoms with Crippen LogP contribution >= 0.6 is 0 Å². The van der Waals surface area contributed by atoms with Gasteiger partial charge in [0.1, 0.15) is 0 Å². The minimum absolute atomic E-state index is 0.0976. The molecule has 0 aromatic rings. The maximum absolute atomic E-state index is 11.3. The Hall–Kier alpha value is -0.290. The van der Waals surface area contributed by atoms with Crippen LogP contribution in [0.1, 0.15) is 13.8 Å². The highest BCUT2D eigenvalue weighted by Gasteiger charge is 2.11. The van der Waals surface area contributed by atoms with E-state index in [1.165, 1.54) is 0 Å². The predicted octanol–water partition coefficient (Wildman–Crippen LogP) is 0.371. The van der Waals surface area contributed by atoms with E-state index in [2.05, 4.69) is 8.37 Å². The predicted molar refractivity (Wildman–Crippen MR) is 75.4 cm³/mol. The summed E-state index contributed by atoms with van der Waals surface area (Å²) in [6, 6.07) is 0. The number of hydrogen-bond donors (Lipinski definition) is 0. The van der Waals surface area contributed by atoms with Gasteiger partial charge in [-0.05, 0) is 13.8 Å². The van der Waals surface area contributed by atoms with Gasteiger partial charge < -0.3 is 18.9 Å². The van der Waals surface area contributed by atoms with Crippen LogP contribution in [0, 0.1) is 0 Å². The van der Waals surface area contributed by atoms with Crippen molar-refractivity contribution in [2.24, 2.45) is 0 Å². The van der Waals surface area contributed by atoms with Gasteiger partial charge >= 0.3 is 10.4 Å². The summed E-state index contributed by atoms with van der Waals surface area (Å²) in [5.74, 6) is 0. The monoisotopic (exact) mass is 330 g/mol. The molecular formula is C12H26O8S. The molecule has 21 heavy (non-hydrogen) atoms. The summed E-state index contributed by atoms with van der Waals surface area (Å²) >= 11 is 0. The normalized spacial score (nSPS) is 11.9. The molecule has 0 aliphatic carbocycles. The van der Waals surface area contributed by atoms with E-state index in [-0.39, 0.29) is 26.4 Å². The molecule has 0 N–H and O–H groups in total. The summed E-state index contributed by atoms with van der Waals surface area (Å²) in [4.78, 5) is 0. The highest BCUT2D eigenvalue weighted by molar-refractivity contribution is 7.81. The van der Waals surface area contributed by atoms with Crippen LogP contribution in [0.15, 0.2) is 0 Å². The Morgan fingerprint density at radius 2 is 0.905 bits per heavy atom. The van der Waals surface area contributed by atoms with Crippen molar-refractivity contribution in [1.29, 1.82) is 0 Å². The van der Waals surface area contributed by atoms with E-state index in [4.69, 9.17) is 18.9 Å². The molecule has 0 saturated carbocycles. The topological polar surface area (TPSA) is 89.5 Å². The first-order valence-electron chi connectivity index (χ1n) is 6.97. The molecule has 0 spiro atoms. The fraction of sp³-hybridized carbons (Fsp3) is 1.00. The van der Waals surface area contributed by atoms with Gasteiger partial charge in [-0.1, -0.05) is 0 Å². The zero-order chi connectivity index (χ0) is 15.8. The van der Waals surface area contributed by atoms with Gasteiger partial charge in [0.2, 0.25) is 0 Å². The molecule has 0 saturated heterocycles. The van der Waals surface area contributed by atoms with Crippen LogP contribution in [-0.4, -0.2) is 74.5 Å².